The lowest BCUT2D eigenvalue weighted by atomic mass is 10.1. The first kappa shape index (κ1) is 26.0. The van der Waals surface area contributed by atoms with Crippen molar-refractivity contribution in [3.8, 4) is 17.0 Å². The summed E-state index contributed by atoms with van der Waals surface area (Å²) in [5.41, 5.74) is 0.646. The van der Waals surface area contributed by atoms with Crippen LogP contribution in [0.3, 0.4) is 0 Å². The molecule has 2 aromatic rings. The summed E-state index contributed by atoms with van der Waals surface area (Å²) in [6, 6.07) is 5.93. The van der Waals surface area contributed by atoms with Crippen LogP contribution in [0.15, 0.2) is 36.9 Å². The van der Waals surface area contributed by atoms with Crippen LogP contribution in [0.4, 0.5) is 14.6 Å². The van der Waals surface area contributed by atoms with E-state index in [0.717, 1.165) is 6.42 Å². The van der Waals surface area contributed by atoms with E-state index in [1.54, 1.807) is 28.0 Å². The molecule has 8 nitrogen and oxygen atoms in total. The number of hydrogen-bond donors (Lipinski definition) is 0. The van der Waals surface area contributed by atoms with E-state index in [2.05, 4.69) is 11.5 Å². The Kier molecular flexibility index (Phi) is 6.71. The lowest BCUT2D eigenvalue weighted by Crippen LogP contribution is -2.57. The van der Waals surface area contributed by atoms with Gasteiger partial charge in [-0.05, 0) is 31.6 Å². The van der Waals surface area contributed by atoms with E-state index in [1.807, 2.05) is 11.8 Å². The van der Waals surface area contributed by atoms with Gasteiger partial charge in [0, 0.05) is 56.9 Å². The number of rotatable bonds is 4. The maximum Gasteiger partial charge on any atom is 0.261 e. The number of fused-ring (bicyclic) bond motifs is 2. The van der Waals surface area contributed by atoms with E-state index in [-0.39, 0.29) is 58.1 Å². The molecule has 0 saturated carbocycles. The smallest absolute Gasteiger partial charge is 0.261 e. The molecule has 6 rings (SSSR count). The predicted molar refractivity (Wildman–Crippen MR) is 143 cm³/mol. The fourth-order valence-electron chi connectivity index (χ4n) is 6.13. The van der Waals surface area contributed by atoms with Gasteiger partial charge in [-0.3, -0.25) is 14.5 Å². The second-order valence-corrected chi connectivity index (χ2v) is 11.1. The number of alkyl halides is 1. The quantitative estimate of drug-likeness (QED) is 0.537. The molecule has 0 bridgehead atoms. The standard InChI is InChI=1S/C28H30ClF2N5O3/c1-3-22(37)33-8-9-35-19(13-33)15-39-26-23(28(35)38)27(32-25(24(26)29)20-6-4-5-7-21(20)31)36-14-18(10-16(36)2)34-11-17(30)12-34/h3-7,16-19H,1,8-15H2,2H3/t16-,18?,19?/m0/s1. The Morgan fingerprint density at radius 1 is 1.15 bits per heavy atom. The highest BCUT2D eigenvalue weighted by molar-refractivity contribution is 6.35. The second-order valence-electron chi connectivity index (χ2n) is 10.7. The molecule has 3 saturated heterocycles. The zero-order chi connectivity index (χ0) is 27.4. The van der Waals surface area contributed by atoms with Crippen molar-refractivity contribution in [3.63, 3.8) is 0 Å². The number of carbonyl (C=O) groups excluding carboxylic acids is 2. The summed E-state index contributed by atoms with van der Waals surface area (Å²) in [6.07, 6.45) is 1.23. The minimum absolute atomic E-state index is 0.00572. The molecule has 0 aliphatic carbocycles. The van der Waals surface area contributed by atoms with Crippen molar-refractivity contribution in [2.24, 2.45) is 0 Å². The Balaban J connectivity index is 1.44. The molecule has 0 N–H and O–H groups in total. The molecule has 0 spiro atoms. The normalized spacial score (nSPS) is 25.5. The monoisotopic (exact) mass is 557 g/mol. The summed E-state index contributed by atoms with van der Waals surface area (Å²) in [5.74, 6) is -0.425. The van der Waals surface area contributed by atoms with Crippen molar-refractivity contribution < 1.29 is 23.1 Å². The predicted octanol–water partition coefficient (Wildman–Crippen LogP) is 3.39. The fourth-order valence-corrected chi connectivity index (χ4v) is 6.42. The Labute approximate surface area is 230 Å². The number of likely N-dealkylation sites (tertiary alicyclic amines) is 1. The number of nitrogens with zero attached hydrogens (tertiary/aromatic N) is 5. The largest absolute Gasteiger partial charge is 0.489 e. The molecule has 3 fully saturated rings. The highest BCUT2D eigenvalue weighted by atomic mass is 35.5. The highest BCUT2D eigenvalue weighted by Gasteiger charge is 2.44. The number of piperazine rings is 1. The van der Waals surface area contributed by atoms with Gasteiger partial charge >= 0.3 is 0 Å². The minimum atomic E-state index is -0.814. The van der Waals surface area contributed by atoms with Crippen molar-refractivity contribution >= 4 is 29.2 Å². The number of carbonyl (C=O) groups is 2. The Bertz CT molecular complexity index is 1340. The molecular weight excluding hydrogens is 528 g/mol. The topological polar surface area (TPSA) is 69.2 Å². The molecule has 4 aliphatic rings. The lowest BCUT2D eigenvalue weighted by Gasteiger charge is -2.40. The van der Waals surface area contributed by atoms with Gasteiger partial charge in [0.25, 0.3) is 5.91 Å². The third-order valence-electron chi connectivity index (χ3n) is 8.27. The summed E-state index contributed by atoms with van der Waals surface area (Å²) in [4.78, 5) is 38.8. The molecule has 4 aliphatic heterocycles. The maximum absolute atomic E-state index is 15.0. The first-order chi connectivity index (χ1) is 18.8. The molecule has 11 heteroatoms. The summed E-state index contributed by atoms with van der Waals surface area (Å²) >= 11 is 6.84. The number of pyridine rings is 1. The lowest BCUT2D eigenvalue weighted by molar-refractivity contribution is -0.128. The number of halogens is 3. The van der Waals surface area contributed by atoms with Gasteiger partial charge in [0.2, 0.25) is 5.91 Å². The number of hydrogen-bond acceptors (Lipinski definition) is 6. The minimum Gasteiger partial charge on any atom is -0.489 e. The van der Waals surface area contributed by atoms with Crippen LogP contribution >= 0.6 is 11.6 Å². The molecule has 3 atom stereocenters. The van der Waals surface area contributed by atoms with Crippen molar-refractivity contribution in [2.75, 3.05) is 50.8 Å². The number of benzene rings is 1. The zero-order valence-corrected chi connectivity index (χ0v) is 22.4. The number of amides is 2. The molecular formula is C28H30ClF2N5O3. The summed E-state index contributed by atoms with van der Waals surface area (Å²) < 4.78 is 34.8. The average Bonchev–Trinajstić information content (AvgIpc) is 3.23. The molecule has 206 valence electrons. The maximum atomic E-state index is 15.0. The first-order valence-electron chi connectivity index (χ1n) is 13.2. The molecule has 1 aromatic heterocycles. The first-order valence-corrected chi connectivity index (χ1v) is 13.6. The SMILES string of the molecule is C=CC(=O)N1CCN2C(=O)c3c(N4CC(N5CC(F)C5)C[C@@H]4C)nc(-c4ccccc4F)c(Cl)c3OCC2C1. The number of anilines is 1. The van der Waals surface area contributed by atoms with Crippen LogP contribution in [0.25, 0.3) is 11.3 Å². The van der Waals surface area contributed by atoms with Crippen molar-refractivity contribution in [2.45, 2.75) is 37.6 Å². The van der Waals surface area contributed by atoms with Gasteiger partial charge in [-0.2, -0.15) is 0 Å². The van der Waals surface area contributed by atoms with Crippen LogP contribution in [-0.4, -0.2) is 102 Å². The van der Waals surface area contributed by atoms with E-state index in [0.29, 0.717) is 45.1 Å². The van der Waals surface area contributed by atoms with Gasteiger partial charge in [-0.1, -0.05) is 30.3 Å². The van der Waals surface area contributed by atoms with Crippen molar-refractivity contribution in [1.29, 1.82) is 0 Å². The van der Waals surface area contributed by atoms with Gasteiger partial charge in [-0.15, -0.1) is 0 Å². The van der Waals surface area contributed by atoms with E-state index in [4.69, 9.17) is 21.3 Å². The van der Waals surface area contributed by atoms with E-state index < -0.39 is 18.0 Å². The van der Waals surface area contributed by atoms with E-state index >= 15 is 0 Å². The van der Waals surface area contributed by atoms with E-state index in [1.165, 1.54) is 12.1 Å². The Morgan fingerprint density at radius 2 is 1.92 bits per heavy atom. The highest BCUT2D eigenvalue weighted by Crippen LogP contribution is 2.45. The van der Waals surface area contributed by atoms with Gasteiger partial charge in [0.15, 0.2) is 5.75 Å². The fraction of sp³-hybridized carbons (Fsp3) is 0.464. The molecule has 2 unspecified atom stereocenters. The summed E-state index contributed by atoms with van der Waals surface area (Å²) in [5, 5.41) is 0.0671. The average molecular weight is 558 g/mol. The molecule has 39 heavy (non-hydrogen) atoms. The molecule has 5 heterocycles. The van der Waals surface area contributed by atoms with Gasteiger partial charge < -0.3 is 19.4 Å². The van der Waals surface area contributed by atoms with Crippen LogP contribution in [-0.2, 0) is 4.79 Å². The van der Waals surface area contributed by atoms with Crippen LogP contribution in [0, 0.1) is 5.82 Å². The number of ether oxygens (including phenoxy) is 1. The third-order valence-corrected chi connectivity index (χ3v) is 8.63. The molecule has 0 radical (unpaired) electrons. The van der Waals surface area contributed by atoms with E-state index in [9.17, 15) is 18.4 Å². The van der Waals surface area contributed by atoms with Crippen LogP contribution in [0.5, 0.6) is 5.75 Å². The van der Waals surface area contributed by atoms with Crippen molar-refractivity contribution in [1.82, 2.24) is 19.7 Å². The van der Waals surface area contributed by atoms with Gasteiger partial charge in [0.05, 0.1) is 11.7 Å². The Morgan fingerprint density at radius 3 is 2.64 bits per heavy atom. The van der Waals surface area contributed by atoms with Gasteiger partial charge in [0.1, 0.15) is 35.0 Å². The number of aromatic nitrogens is 1. The van der Waals surface area contributed by atoms with Gasteiger partial charge in [-0.25, -0.2) is 13.8 Å². The Hall–Kier alpha value is -3.24. The molecule has 2 amide bonds. The van der Waals surface area contributed by atoms with Crippen molar-refractivity contribution in [3.05, 3.63) is 53.3 Å². The van der Waals surface area contributed by atoms with Crippen LogP contribution in [0.1, 0.15) is 23.7 Å². The van der Waals surface area contributed by atoms with Crippen LogP contribution < -0.4 is 9.64 Å². The summed E-state index contributed by atoms with van der Waals surface area (Å²) in [7, 11) is 0. The zero-order valence-electron chi connectivity index (χ0n) is 21.7. The second kappa shape index (κ2) is 10.1. The molecule has 1 aromatic carbocycles. The summed E-state index contributed by atoms with van der Waals surface area (Å²) in [6.45, 7) is 8.06. The third kappa shape index (κ3) is 4.43. The van der Waals surface area contributed by atoms with Crippen LogP contribution in [0.2, 0.25) is 5.02 Å².